The maximum atomic E-state index is 14.5. The predicted molar refractivity (Wildman–Crippen MR) is 151 cm³/mol. The number of carbonyl (C=O) groups excluding carboxylic acids is 2. The quantitative estimate of drug-likeness (QED) is 0.208. The number of amides is 1. The Morgan fingerprint density at radius 1 is 1.00 bits per heavy atom. The second-order valence-electron chi connectivity index (χ2n) is 10.6. The summed E-state index contributed by atoms with van der Waals surface area (Å²) in [5.74, 6) is -6.28. The maximum absolute atomic E-state index is 14.5. The highest BCUT2D eigenvalue weighted by Gasteiger charge is 2.43. The van der Waals surface area contributed by atoms with Gasteiger partial charge in [-0.3, -0.25) is 19.1 Å². The Kier molecular flexibility index (Phi) is 9.95. The molecule has 0 radical (unpaired) electrons. The van der Waals surface area contributed by atoms with E-state index in [1.165, 1.54) is 0 Å². The number of alkyl halides is 3. The minimum absolute atomic E-state index is 0.0423. The first-order chi connectivity index (χ1) is 20.9. The van der Waals surface area contributed by atoms with Crippen LogP contribution in [0.3, 0.4) is 0 Å². The fourth-order valence-electron chi connectivity index (χ4n) is 5.22. The highest BCUT2D eigenvalue weighted by atomic mass is 35.5. The number of aliphatic carboxylic acids is 1. The van der Waals surface area contributed by atoms with Crippen LogP contribution in [0.5, 0.6) is 0 Å². The van der Waals surface area contributed by atoms with E-state index in [2.05, 4.69) is 5.10 Å². The molecule has 0 aliphatic heterocycles. The summed E-state index contributed by atoms with van der Waals surface area (Å²) in [6.45, 7) is -1.72. The van der Waals surface area contributed by atoms with E-state index in [0.29, 0.717) is 21.8 Å². The van der Waals surface area contributed by atoms with E-state index in [4.69, 9.17) is 23.2 Å². The maximum Gasteiger partial charge on any atom is 0.433 e. The molecule has 2 aromatic carbocycles. The molecule has 9 nitrogen and oxygen atoms in total. The lowest BCUT2D eigenvalue weighted by Gasteiger charge is -2.28. The smallest absolute Gasteiger partial charge is 0.433 e. The van der Waals surface area contributed by atoms with Gasteiger partial charge in [0.05, 0.1) is 50.8 Å². The lowest BCUT2D eigenvalue weighted by Crippen LogP contribution is -2.37. The first kappa shape index (κ1) is 34.3. The Labute approximate surface area is 263 Å². The van der Waals surface area contributed by atoms with E-state index in [1.54, 1.807) is 0 Å². The van der Waals surface area contributed by atoms with Crippen LogP contribution in [0, 0.1) is 17.6 Å². The molecule has 0 unspecified atom stereocenters. The first-order valence-corrected chi connectivity index (χ1v) is 15.9. The molecule has 1 aliphatic carbocycles. The standard InChI is InChI=1S/C28H24Cl2F5N3O6S/c1-45(43,44)19-9-21(29)24(22(30)10-19)23(39)13-37(12-14-6-16(31)8-17(32)7-14)26(40)20-11-36-38(25(20)28(33,34)35)18-4-2-15(3-5-18)27(41)42/h6-11,15,18H,2-5,12-13H2,1H3,(H,41,42). The second kappa shape index (κ2) is 13.0. The molecule has 0 atom stereocenters. The summed E-state index contributed by atoms with van der Waals surface area (Å²) < 4.78 is 95.8. The Bertz CT molecular complexity index is 1730. The fraction of sp³-hybridized carbons (Fsp3) is 0.357. The van der Waals surface area contributed by atoms with Crippen LogP contribution in [0.4, 0.5) is 22.0 Å². The van der Waals surface area contributed by atoms with Gasteiger partial charge >= 0.3 is 12.1 Å². The summed E-state index contributed by atoms with van der Waals surface area (Å²) in [6.07, 6.45) is -3.33. The fourth-order valence-corrected chi connectivity index (χ4v) is 6.71. The summed E-state index contributed by atoms with van der Waals surface area (Å²) in [4.78, 5) is 38.7. The van der Waals surface area contributed by atoms with Gasteiger partial charge < -0.3 is 10.0 Å². The van der Waals surface area contributed by atoms with Crippen molar-refractivity contribution < 1.29 is 49.9 Å². The van der Waals surface area contributed by atoms with Crippen molar-refractivity contribution >= 4 is 50.7 Å². The number of rotatable bonds is 9. The molecule has 17 heteroatoms. The van der Waals surface area contributed by atoms with E-state index in [9.17, 15) is 49.9 Å². The van der Waals surface area contributed by atoms with Crippen LogP contribution < -0.4 is 0 Å². The molecule has 3 aromatic rings. The van der Waals surface area contributed by atoms with E-state index in [-0.39, 0.29) is 36.1 Å². The average Bonchev–Trinajstić information content (AvgIpc) is 3.37. The number of carbonyl (C=O) groups is 3. The van der Waals surface area contributed by atoms with Crippen LogP contribution in [0.2, 0.25) is 10.0 Å². The number of hydrogen-bond donors (Lipinski definition) is 1. The monoisotopic (exact) mass is 695 g/mol. The van der Waals surface area contributed by atoms with Crippen LogP contribution in [-0.2, 0) is 27.4 Å². The van der Waals surface area contributed by atoms with E-state index >= 15 is 0 Å². The van der Waals surface area contributed by atoms with Crippen molar-refractivity contribution in [3.05, 3.63) is 80.6 Å². The zero-order valence-corrected chi connectivity index (χ0v) is 25.6. The molecule has 1 fully saturated rings. The molecule has 4 rings (SSSR count). The molecule has 0 bridgehead atoms. The van der Waals surface area contributed by atoms with Crippen LogP contribution in [0.15, 0.2) is 41.4 Å². The lowest BCUT2D eigenvalue weighted by atomic mass is 9.86. The van der Waals surface area contributed by atoms with Crippen LogP contribution in [0.25, 0.3) is 0 Å². The number of halogens is 7. The summed E-state index contributed by atoms with van der Waals surface area (Å²) >= 11 is 12.3. The molecule has 45 heavy (non-hydrogen) atoms. The number of carboxylic acid groups (broad SMARTS) is 1. The third-order valence-corrected chi connectivity index (χ3v) is 9.01. The molecule has 1 amide bonds. The van der Waals surface area contributed by atoms with Crippen LogP contribution in [-0.4, -0.2) is 58.7 Å². The third-order valence-electron chi connectivity index (χ3n) is 7.33. The molecular formula is C28H24Cl2F5N3O6S. The van der Waals surface area contributed by atoms with E-state index < -0.39 is 97.2 Å². The molecular weight excluding hydrogens is 672 g/mol. The normalized spacial score (nSPS) is 17.2. The Balaban J connectivity index is 1.75. The average molecular weight is 696 g/mol. The molecule has 1 saturated carbocycles. The molecule has 1 heterocycles. The van der Waals surface area contributed by atoms with Gasteiger partial charge in [0.15, 0.2) is 21.3 Å². The summed E-state index contributed by atoms with van der Waals surface area (Å²) in [7, 11) is -3.81. The molecule has 1 aliphatic rings. The van der Waals surface area contributed by atoms with Gasteiger partial charge in [-0.2, -0.15) is 18.3 Å². The number of nitrogens with zero attached hydrogens (tertiary/aromatic N) is 3. The largest absolute Gasteiger partial charge is 0.481 e. The number of aromatic nitrogens is 2. The number of ketones is 1. The van der Waals surface area contributed by atoms with Crippen molar-refractivity contribution in [2.45, 2.75) is 49.3 Å². The topological polar surface area (TPSA) is 127 Å². The van der Waals surface area contributed by atoms with Gasteiger partial charge in [0.1, 0.15) is 11.6 Å². The van der Waals surface area contributed by atoms with Crippen molar-refractivity contribution in [2.24, 2.45) is 5.92 Å². The molecule has 242 valence electrons. The van der Waals surface area contributed by atoms with Crippen LogP contribution in [0.1, 0.15) is 63.7 Å². The zero-order chi connectivity index (χ0) is 33.4. The van der Waals surface area contributed by atoms with Gasteiger partial charge in [0.25, 0.3) is 5.91 Å². The van der Waals surface area contributed by atoms with Gasteiger partial charge in [0.2, 0.25) is 0 Å². The van der Waals surface area contributed by atoms with Gasteiger partial charge in [-0.25, -0.2) is 17.2 Å². The first-order valence-electron chi connectivity index (χ1n) is 13.2. The minimum Gasteiger partial charge on any atom is -0.481 e. The summed E-state index contributed by atoms with van der Waals surface area (Å²) in [5.41, 5.74) is -3.04. The molecule has 0 saturated heterocycles. The van der Waals surface area contributed by atoms with Crippen molar-refractivity contribution in [3.8, 4) is 0 Å². The lowest BCUT2D eigenvalue weighted by molar-refractivity contribution is -0.147. The Morgan fingerprint density at radius 3 is 2.04 bits per heavy atom. The molecule has 1 aromatic heterocycles. The van der Waals surface area contributed by atoms with Crippen molar-refractivity contribution in [1.82, 2.24) is 14.7 Å². The Hall–Kier alpha value is -3.56. The zero-order valence-electron chi connectivity index (χ0n) is 23.2. The molecule has 0 spiro atoms. The Morgan fingerprint density at radius 2 is 1.56 bits per heavy atom. The number of Topliss-reactive ketones (excluding diaryl/α,β-unsaturated/α-hetero) is 1. The van der Waals surface area contributed by atoms with Crippen molar-refractivity contribution in [2.75, 3.05) is 12.8 Å². The highest BCUT2D eigenvalue weighted by Crippen LogP contribution is 2.39. The van der Waals surface area contributed by atoms with Gasteiger partial charge in [0, 0.05) is 18.9 Å². The third kappa shape index (κ3) is 7.82. The van der Waals surface area contributed by atoms with E-state index in [1.807, 2.05) is 0 Å². The minimum atomic E-state index is -5.13. The number of carboxylic acids is 1. The number of hydrogen-bond acceptors (Lipinski definition) is 6. The van der Waals surface area contributed by atoms with Crippen molar-refractivity contribution in [3.63, 3.8) is 0 Å². The highest BCUT2D eigenvalue weighted by molar-refractivity contribution is 7.90. The summed E-state index contributed by atoms with van der Waals surface area (Å²) in [5, 5.41) is 12.2. The van der Waals surface area contributed by atoms with E-state index in [0.717, 1.165) is 30.5 Å². The summed E-state index contributed by atoms with van der Waals surface area (Å²) in [6, 6.07) is 3.18. The predicted octanol–water partition coefficient (Wildman–Crippen LogP) is 6.23. The van der Waals surface area contributed by atoms with Gasteiger partial charge in [-0.1, -0.05) is 23.2 Å². The van der Waals surface area contributed by atoms with Gasteiger partial charge in [-0.15, -0.1) is 0 Å². The number of sulfone groups is 1. The van der Waals surface area contributed by atoms with Crippen LogP contribution >= 0.6 is 23.2 Å². The number of benzene rings is 2. The molecule has 1 N–H and O–H groups in total. The SMILES string of the molecule is CS(=O)(=O)c1cc(Cl)c(C(=O)CN(Cc2cc(F)cc(F)c2)C(=O)c2cnn(C3CCC(C(=O)O)CC3)c2C(F)(F)F)c(Cl)c1. The van der Waals surface area contributed by atoms with Crippen molar-refractivity contribution in [1.29, 1.82) is 0 Å². The second-order valence-corrected chi connectivity index (χ2v) is 13.4. The van der Waals surface area contributed by atoms with Gasteiger partial charge in [-0.05, 0) is 55.5 Å².